The Morgan fingerprint density at radius 2 is 1.19 bits per heavy atom. The first-order valence-electron chi connectivity index (χ1n) is 12.5. The minimum atomic E-state index is -4.37. The van der Waals surface area contributed by atoms with Crippen molar-refractivity contribution in [1.82, 2.24) is 19.9 Å². The Hall–Kier alpha value is -4.57. The van der Waals surface area contributed by atoms with Gasteiger partial charge in [0.1, 0.15) is 11.6 Å². The molecule has 216 valence electrons. The fourth-order valence-electron chi connectivity index (χ4n) is 4.40. The zero-order valence-electron chi connectivity index (χ0n) is 21.9. The molecule has 0 unspecified atom stereocenters. The molecule has 0 fully saturated rings. The standard InChI is InChI=1S/C27H23N5O8S2/c1-2-32-25(33)21-12-5-17(13-22(21)26(32)34)15-24-29-23(14-16-3-8-19(9-4-16)41(35,36)37)30-27(31-24)28-18-6-10-20(11-7-18)42(38,39)40/h3-13H,2,14-15H2,1H3,(H,35,36,37)(H,38,39,40)(H,28,29,30,31). The maximum absolute atomic E-state index is 12.7. The Morgan fingerprint density at radius 1 is 0.690 bits per heavy atom. The lowest BCUT2D eigenvalue weighted by Gasteiger charge is -2.10. The van der Waals surface area contributed by atoms with Crippen molar-refractivity contribution in [2.75, 3.05) is 11.9 Å². The Labute approximate surface area is 240 Å². The van der Waals surface area contributed by atoms with Gasteiger partial charge in [-0.05, 0) is 66.6 Å². The average molecular weight is 610 g/mol. The first kappa shape index (κ1) is 28.9. The lowest BCUT2D eigenvalue weighted by molar-refractivity contribution is 0.0662. The molecule has 0 aliphatic carbocycles. The van der Waals surface area contributed by atoms with Gasteiger partial charge in [-0.15, -0.1) is 0 Å². The minimum Gasteiger partial charge on any atom is -0.324 e. The van der Waals surface area contributed by atoms with Gasteiger partial charge in [0.15, 0.2) is 0 Å². The predicted octanol–water partition coefficient (Wildman–Crippen LogP) is 2.91. The van der Waals surface area contributed by atoms with Crippen LogP contribution in [0.3, 0.4) is 0 Å². The molecule has 1 aliphatic heterocycles. The lowest BCUT2D eigenvalue weighted by atomic mass is 10.0. The van der Waals surface area contributed by atoms with Gasteiger partial charge in [0, 0.05) is 25.1 Å². The lowest BCUT2D eigenvalue weighted by Crippen LogP contribution is -2.29. The van der Waals surface area contributed by atoms with Gasteiger partial charge in [-0.2, -0.15) is 26.8 Å². The first-order valence-corrected chi connectivity index (χ1v) is 15.3. The zero-order chi connectivity index (χ0) is 30.2. The van der Waals surface area contributed by atoms with Gasteiger partial charge in [-0.1, -0.05) is 18.2 Å². The molecular weight excluding hydrogens is 586 g/mol. The molecular formula is C27H23N5O8S2. The van der Waals surface area contributed by atoms with Crippen molar-refractivity contribution >= 4 is 43.7 Å². The molecule has 42 heavy (non-hydrogen) atoms. The third-order valence-electron chi connectivity index (χ3n) is 6.43. The van der Waals surface area contributed by atoms with Gasteiger partial charge in [0.05, 0.1) is 20.9 Å². The Kier molecular flexibility index (Phi) is 7.59. The van der Waals surface area contributed by atoms with Crippen LogP contribution >= 0.6 is 0 Å². The summed E-state index contributed by atoms with van der Waals surface area (Å²) in [5, 5.41) is 2.98. The van der Waals surface area contributed by atoms with Crippen molar-refractivity contribution in [2.24, 2.45) is 0 Å². The normalized spacial score (nSPS) is 13.4. The van der Waals surface area contributed by atoms with Crippen LogP contribution in [0.5, 0.6) is 0 Å². The highest BCUT2D eigenvalue weighted by molar-refractivity contribution is 7.86. The van der Waals surface area contributed by atoms with Gasteiger partial charge in [-0.25, -0.2) is 4.98 Å². The molecule has 0 atom stereocenters. The largest absolute Gasteiger partial charge is 0.324 e. The van der Waals surface area contributed by atoms with Gasteiger partial charge < -0.3 is 5.32 Å². The van der Waals surface area contributed by atoms with E-state index in [0.29, 0.717) is 39.6 Å². The monoisotopic (exact) mass is 609 g/mol. The summed E-state index contributed by atoms with van der Waals surface area (Å²) in [5.41, 5.74) is 2.36. The number of fused-ring (bicyclic) bond motifs is 1. The van der Waals surface area contributed by atoms with Crippen LogP contribution in [-0.2, 0) is 33.1 Å². The molecule has 0 radical (unpaired) electrons. The summed E-state index contributed by atoms with van der Waals surface area (Å²) < 4.78 is 64.0. The van der Waals surface area contributed by atoms with Crippen LogP contribution in [0.1, 0.15) is 50.4 Å². The van der Waals surface area contributed by atoms with E-state index >= 15 is 0 Å². The minimum absolute atomic E-state index is 0.119. The second kappa shape index (κ2) is 11.0. The third-order valence-corrected chi connectivity index (χ3v) is 8.17. The molecule has 13 nitrogen and oxygen atoms in total. The van der Waals surface area contributed by atoms with E-state index in [4.69, 9.17) is 0 Å². The van der Waals surface area contributed by atoms with Gasteiger partial charge in [0.25, 0.3) is 32.1 Å². The number of rotatable bonds is 9. The number of nitrogens with one attached hydrogen (secondary N) is 1. The number of hydrogen-bond donors (Lipinski definition) is 3. The number of nitrogens with zero attached hydrogens (tertiary/aromatic N) is 4. The van der Waals surface area contributed by atoms with E-state index in [1.165, 1.54) is 48.5 Å². The van der Waals surface area contributed by atoms with E-state index in [-0.39, 0.29) is 46.9 Å². The topological polar surface area (TPSA) is 197 Å². The molecule has 4 aromatic rings. The highest BCUT2D eigenvalue weighted by atomic mass is 32.2. The second-order valence-corrected chi connectivity index (χ2v) is 12.2. The molecule has 1 aliphatic rings. The molecule has 2 amide bonds. The van der Waals surface area contributed by atoms with Crippen molar-refractivity contribution in [3.63, 3.8) is 0 Å². The number of imide groups is 1. The van der Waals surface area contributed by atoms with Crippen molar-refractivity contribution in [2.45, 2.75) is 29.6 Å². The van der Waals surface area contributed by atoms with E-state index in [9.17, 15) is 35.5 Å². The summed E-state index contributed by atoms with van der Waals surface area (Å²) in [4.78, 5) is 39.2. The zero-order valence-corrected chi connectivity index (χ0v) is 23.6. The maximum atomic E-state index is 12.7. The number of carbonyl (C=O) groups excluding carboxylic acids is 2. The molecule has 0 saturated carbocycles. The summed E-state index contributed by atoms with van der Waals surface area (Å²) in [6, 6.07) is 15.7. The molecule has 3 N–H and O–H groups in total. The van der Waals surface area contributed by atoms with Crippen molar-refractivity contribution in [3.05, 3.63) is 101 Å². The number of benzene rings is 3. The highest BCUT2D eigenvalue weighted by Crippen LogP contribution is 2.25. The number of anilines is 2. The number of amides is 2. The third kappa shape index (κ3) is 6.18. The molecule has 0 saturated heterocycles. The summed E-state index contributed by atoms with van der Waals surface area (Å²) in [7, 11) is -8.73. The van der Waals surface area contributed by atoms with Crippen LogP contribution in [0.15, 0.2) is 76.5 Å². The summed E-state index contributed by atoms with van der Waals surface area (Å²) in [6.07, 6.45) is 0.342. The molecule has 2 heterocycles. The molecule has 5 rings (SSSR count). The Balaban J connectivity index is 1.47. The Bertz CT molecular complexity index is 1830. The van der Waals surface area contributed by atoms with E-state index < -0.39 is 20.2 Å². The summed E-state index contributed by atoms with van der Waals surface area (Å²) in [6.45, 7) is 1.97. The fourth-order valence-corrected chi connectivity index (χ4v) is 5.36. The molecule has 0 spiro atoms. The molecule has 15 heteroatoms. The summed E-state index contributed by atoms with van der Waals surface area (Å²) in [5.74, 6) is 0.0170. The van der Waals surface area contributed by atoms with Crippen LogP contribution in [0.4, 0.5) is 11.6 Å². The van der Waals surface area contributed by atoms with Gasteiger partial charge in [0.2, 0.25) is 5.95 Å². The molecule has 3 aromatic carbocycles. The van der Waals surface area contributed by atoms with Gasteiger partial charge in [-0.3, -0.25) is 23.6 Å². The highest BCUT2D eigenvalue weighted by Gasteiger charge is 2.34. The maximum Gasteiger partial charge on any atom is 0.294 e. The van der Waals surface area contributed by atoms with Crippen LogP contribution in [0.2, 0.25) is 0 Å². The predicted molar refractivity (Wildman–Crippen MR) is 149 cm³/mol. The van der Waals surface area contributed by atoms with Crippen molar-refractivity contribution in [3.8, 4) is 0 Å². The second-order valence-electron chi connectivity index (χ2n) is 9.32. The smallest absolute Gasteiger partial charge is 0.294 e. The van der Waals surface area contributed by atoms with Crippen LogP contribution in [-0.4, -0.2) is 64.2 Å². The number of aromatic nitrogens is 3. The van der Waals surface area contributed by atoms with Crippen molar-refractivity contribution < 1.29 is 35.5 Å². The van der Waals surface area contributed by atoms with E-state index in [1.54, 1.807) is 25.1 Å². The van der Waals surface area contributed by atoms with Crippen LogP contribution in [0, 0.1) is 0 Å². The van der Waals surface area contributed by atoms with E-state index in [0.717, 1.165) is 4.90 Å². The van der Waals surface area contributed by atoms with Gasteiger partial charge >= 0.3 is 0 Å². The number of hydrogen-bond acceptors (Lipinski definition) is 10. The number of carbonyl (C=O) groups is 2. The Morgan fingerprint density at radius 3 is 1.74 bits per heavy atom. The van der Waals surface area contributed by atoms with E-state index in [2.05, 4.69) is 20.3 Å². The molecule has 1 aromatic heterocycles. The quantitative estimate of drug-likeness (QED) is 0.186. The van der Waals surface area contributed by atoms with Crippen molar-refractivity contribution in [1.29, 1.82) is 0 Å². The van der Waals surface area contributed by atoms with Crippen LogP contribution < -0.4 is 5.32 Å². The summed E-state index contributed by atoms with van der Waals surface area (Å²) >= 11 is 0. The fraction of sp³-hybridized carbons (Fsp3) is 0.148. The average Bonchev–Trinajstić information content (AvgIpc) is 3.16. The van der Waals surface area contributed by atoms with Crippen LogP contribution in [0.25, 0.3) is 0 Å². The van der Waals surface area contributed by atoms with E-state index in [1.807, 2.05) is 0 Å². The molecule has 0 bridgehead atoms. The first-order chi connectivity index (χ1) is 19.8. The SMILES string of the molecule is CCN1C(=O)c2ccc(Cc3nc(Cc4ccc(S(=O)(=O)O)cc4)nc(Nc4ccc(S(=O)(=O)O)cc4)n3)cc2C1=O.